The molecule has 1 aliphatic rings. The second kappa shape index (κ2) is 3.97. The topological polar surface area (TPSA) is 46.2 Å². The molecule has 1 fully saturated rings. The van der Waals surface area contributed by atoms with E-state index in [4.69, 9.17) is 5.73 Å². The van der Waals surface area contributed by atoms with Gasteiger partial charge in [-0.3, -0.25) is 0 Å². The van der Waals surface area contributed by atoms with E-state index in [-0.39, 0.29) is 5.54 Å². The molecule has 0 saturated heterocycles. The van der Waals surface area contributed by atoms with Gasteiger partial charge in [0.05, 0.1) is 5.60 Å². The van der Waals surface area contributed by atoms with Gasteiger partial charge in [-0.2, -0.15) is 0 Å². The molecule has 2 heteroatoms. The van der Waals surface area contributed by atoms with Crippen LogP contribution in [0.5, 0.6) is 0 Å². The van der Waals surface area contributed by atoms with Gasteiger partial charge >= 0.3 is 0 Å². The summed E-state index contributed by atoms with van der Waals surface area (Å²) < 4.78 is 0. The summed E-state index contributed by atoms with van der Waals surface area (Å²) in [5, 5.41) is 9.98. The highest BCUT2D eigenvalue weighted by atomic mass is 16.3. The van der Waals surface area contributed by atoms with Gasteiger partial charge in [-0.05, 0) is 39.5 Å². The Labute approximate surface area is 81.5 Å². The highest BCUT2D eigenvalue weighted by Gasteiger charge is 2.27. The van der Waals surface area contributed by atoms with E-state index in [2.05, 4.69) is 6.92 Å². The predicted octanol–water partition coefficient (Wildman–Crippen LogP) is 2.20. The molecule has 0 bridgehead atoms. The summed E-state index contributed by atoms with van der Waals surface area (Å²) >= 11 is 0. The first-order valence-electron chi connectivity index (χ1n) is 5.43. The van der Waals surface area contributed by atoms with Crippen LogP contribution in [0, 0.1) is 0 Å². The molecule has 0 aromatic rings. The molecule has 1 saturated carbocycles. The van der Waals surface area contributed by atoms with E-state index in [0.29, 0.717) is 0 Å². The zero-order chi connectivity index (χ0) is 9.95. The third-order valence-corrected chi connectivity index (χ3v) is 3.20. The van der Waals surface area contributed by atoms with Crippen LogP contribution in [0.1, 0.15) is 58.8 Å². The quantitative estimate of drug-likeness (QED) is 0.607. The maximum Gasteiger partial charge on any atom is 0.0620 e. The molecule has 0 spiro atoms. The zero-order valence-electron chi connectivity index (χ0n) is 8.97. The van der Waals surface area contributed by atoms with E-state index in [9.17, 15) is 5.11 Å². The Morgan fingerprint density at radius 1 is 0.923 bits per heavy atom. The van der Waals surface area contributed by atoms with Crippen LogP contribution in [0.25, 0.3) is 0 Å². The average molecular weight is 185 g/mol. The Morgan fingerprint density at radius 2 is 1.54 bits per heavy atom. The van der Waals surface area contributed by atoms with Gasteiger partial charge in [0.25, 0.3) is 0 Å². The highest BCUT2D eigenvalue weighted by molar-refractivity contribution is 4.85. The van der Waals surface area contributed by atoms with E-state index in [0.717, 1.165) is 32.1 Å². The minimum atomic E-state index is -0.481. The molecule has 2 unspecified atom stereocenters. The normalized spacial score (nSPS) is 43.4. The fourth-order valence-electron chi connectivity index (χ4n) is 2.02. The van der Waals surface area contributed by atoms with E-state index in [1.54, 1.807) is 0 Å². The lowest BCUT2D eigenvalue weighted by atomic mass is 9.87. The minimum Gasteiger partial charge on any atom is -0.390 e. The van der Waals surface area contributed by atoms with Crippen LogP contribution in [-0.4, -0.2) is 16.2 Å². The molecular weight excluding hydrogens is 162 g/mol. The van der Waals surface area contributed by atoms with Crippen LogP contribution in [0.2, 0.25) is 0 Å². The van der Waals surface area contributed by atoms with E-state index >= 15 is 0 Å². The molecule has 0 aliphatic heterocycles. The molecule has 0 heterocycles. The van der Waals surface area contributed by atoms with Crippen LogP contribution in [0.15, 0.2) is 0 Å². The number of aliphatic hydroxyl groups is 1. The SMILES string of the molecule is CC1(N)CCCCCC(C)(O)CC1. The lowest BCUT2D eigenvalue weighted by Crippen LogP contribution is -2.38. The second-order valence-corrected chi connectivity index (χ2v) is 5.21. The van der Waals surface area contributed by atoms with Crippen molar-refractivity contribution in [3.05, 3.63) is 0 Å². The van der Waals surface area contributed by atoms with Crippen molar-refractivity contribution in [3.8, 4) is 0 Å². The lowest BCUT2D eigenvalue weighted by molar-refractivity contribution is 0.0343. The molecule has 13 heavy (non-hydrogen) atoms. The standard InChI is InChI=1S/C11H23NO/c1-10(12)6-4-3-5-7-11(2,13)9-8-10/h13H,3-9,12H2,1-2H3. The van der Waals surface area contributed by atoms with Gasteiger partial charge in [-0.1, -0.05) is 19.3 Å². The molecule has 0 aromatic heterocycles. The maximum absolute atomic E-state index is 9.98. The summed E-state index contributed by atoms with van der Waals surface area (Å²) in [6.07, 6.45) is 7.39. The fraction of sp³-hybridized carbons (Fsp3) is 1.00. The van der Waals surface area contributed by atoms with Gasteiger partial charge in [0.2, 0.25) is 0 Å². The molecule has 0 radical (unpaired) electrons. The molecule has 1 rings (SSSR count). The summed E-state index contributed by atoms with van der Waals surface area (Å²) in [5.74, 6) is 0. The first kappa shape index (κ1) is 11.0. The predicted molar refractivity (Wildman–Crippen MR) is 55.5 cm³/mol. The fourth-order valence-corrected chi connectivity index (χ4v) is 2.02. The van der Waals surface area contributed by atoms with Gasteiger partial charge in [-0.15, -0.1) is 0 Å². The largest absolute Gasteiger partial charge is 0.390 e. The van der Waals surface area contributed by atoms with Crippen molar-refractivity contribution in [2.24, 2.45) is 5.73 Å². The van der Waals surface area contributed by atoms with Crippen molar-refractivity contribution in [2.75, 3.05) is 0 Å². The molecule has 0 amide bonds. The van der Waals surface area contributed by atoms with Gasteiger partial charge in [0.1, 0.15) is 0 Å². The van der Waals surface area contributed by atoms with Gasteiger partial charge < -0.3 is 10.8 Å². The molecule has 2 nitrogen and oxygen atoms in total. The number of hydrogen-bond donors (Lipinski definition) is 2. The van der Waals surface area contributed by atoms with Crippen LogP contribution in [0.4, 0.5) is 0 Å². The van der Waals surface area contributed by atoms with Crippen molar-refractivity contribution in [3.63, 3.8) is 0 Å². The molecule has 0 aromatic carbocycles. The number of nitrogens with two attached hydrogens (primary N) is 1. The zero-order valence-corrected chi connectivity index (χ0v) is 8.97. The van der Waals surface area contributed by atoms with Crippen LogP contribution in [-0.2, 0) is 0 Å². The summed E-state index contributed by atoms with van der Waals surface area (Å²) in [7, 11) is 0. The lowest BCUT2D eigenvalue weighted by Gasteiger charge is -2.28. The summed E-state index contributed by atoms with van der Waals surface area (Å²) in [5.41, 5.74) is 5.58. The maximum atomic E-state index is 9.98. The van der Waals surface area contributed by atoms with Crippen molar-refractivity contribution in [1.82, 2.24) is 0 Å². The highest BCUT2D eigenvalue weighted by Crippen LogP contribution is 2.28. The van der Waals surface area contributed by atoms with Crippen LogP contribution >= 0.6 is 0 Å². The Morgan fingerprint density at radius 3 is 2.23 bits per heavy atom. The first-order chi connectivity index (χ1) is 5.91. The summed E-state index contributed by atoms with van der Waals surface area (Å²) in [4.78, 5) is 0. The third kappa shape index (κ3) is 4.10. The summed E-state index contributed by atoms with van der Waals surface area (Å²) in [6, 6.07) is 0. The van der Waals surface area contributed by atoms with E-state index in [1.807, 2.05) is 6.92 Å². The first-order valence-corrected chi connectivity index (χ1v) is 5.43. The van der Waals surface area contributed by atoms with Crippen molar-refractivity contribution >= 4 is 0 Å². The van der Waals surface area contributed by atoms with Crippen molar-refractivity contribution in [2.45, 2.75) is 69.9 Å². The Balaban J connectivity index is 2.53. The number of rotatable bonds is 0. The molecular formula is C11H23NO. The van der Waals surface area contributed by atoms with Crippen molar-refractivity contribution < 1.29 is 5.11 Å². The third-order valence-electron chi connectivity index (χ3n) is 3.20. The number of hydrogen-bond acceptors (Lipinski definition) is 2. The Hall–Kier alpha value is -0.0800. The molecule has 3 N–H and O–H groups in total. The average Bonchev–Trinajstić information content (AvgIpc) is 2.04. The monoisotopic (exact) mass is 185 g/mol. The minimum absolute atomic E-state index is 0.0612. The second-order valence-electron chi connectivity index (χ2n) is 5.21. The van der Waals surface area contributed by atoms with Gasteiger partial charge in [-0.25, -0.2) is 0 Å². The Kier molecular flexibility index (Phi) is 3.36. The van der Waals surface area contributed by atoms with Gasteiger partial charge in [0, 0.05) is 5.54 Å². The molecule has 78 valence electrons. The van der Waals surface area contributed by atoms with Crippen molar-refractivity contribution in [1.29, 1.82) is 0 Å². The van der Waals surface area contributed by atoms with E-state index < -0.39 is 5.60 Å². The van der Waals surface area contributed by atoms with Crippen LogP contribution < -0.4 is 5.73 Å². The van der Waals surface area contributed by atoms with Crippen LogP contribution in [0.3, 0.4) is 0 Å². The smallest absolute Gasteiger partial charge is 0.0620 e. The van der Waals surface area contributed by atoms with Gasteiger partial charge in [0.15, 0.2) is 0 Å². The summed E-state index contributed by atoms with van der Waals surface area (Å²) in [6.45, 7) is 4.04. The molecule has 1 aliphatic carbocycles. The molecule has 2 atom stereocenters. The Bertz CT molecular complexity index is 145. The van der Waals surface area contributed by atoms with E-state index in [1.165, 1.54) is 12.8 Å².